The Labute approximate surface area is 134 Å². The first-order chi connectivity index (χ1) is 10.6. The van der Waals surface area contributed by atoms with Gasteiger partial charge in [0.05, 0.1) is 0 Å². The molecule has 0 saturated carbocycles. The zero-order valence-corrected chi connectivity index (χ0v) is 13.8. The van der Waals surface area contributed by atoms with E-state index in [4.69, 9.17) is 5.11 Å². The second-order valence-corrected chi connectivity index (χ2v) is 5.68. The molecule has 4 heteroatoms. The predicted molar refractivity (Wildman–Crippen MR) is 89.8 cm³/mol. The predicted octanol–water partition coefficient (Wildman–Crippen LogP) is 3.83. The summed E-state index contributed by atoms with van der Waals surface area (Å²) in [6, 6.07) is 0. The molecule has 0 heterocycles. The number of hydrogen-bond donors (Lipinski definition) is 3. The van der Waals surface area contributed by atoms with Crippen molar-refractivity contribution in [2.45, 2.75) is 83.3 Å². The number of carbonyl (C=O) groups is 1. The Balaban J connectivity index is 3.63. The fourth-order valence-electron chi connectivity index (χ4n) is 2.10. The van der Waals surface area contributed by atoms with Crippen LogP contribution in [0.15, 0.2) is 24.3 Å². The average Bonchev–Trinajstić information content (AvgIpc) is 2.48. The van der Waals surface area contributed by atoms with Crippen molar-refractivity contribution in [3.8, 4) is 0 Å². The maximum absolute atomic E-state index is 10.3. The summed E-state index contributed by atoms with van der Waals surface area (Å²) in [6.45, 7) is 2.15. The van der Waals surface area contributed by atoms with Crippen LogP contribution in [-0.2, 0) is 4.79 Å². The molecule has 0 saturated heterocycles. The molecule has 0 aromatic heterocycles. The summed E-state index contributed by atoms with van der Waals surface area (Å²) < 4.78 is 0. The monoisotopic (exact) mass is 312 g/mol. The van der Waals surface area contributed by atoms with Crippen molar-refractivity contribution in [3.63, 3.8) is 0 Å². The first kappa shape index (κ1) is 20.9. The second kappa shape index (κ2) is 14.8. The Morgan fingerprint density at radius 2 is 1.36 bits per heavy atom. The molecule has 0 aliphatic carbocycles. The standard InChI is InChI=1S/C18H32O4/c1-2-3-4-7-10-13-16(19)17(20)14-11-8-5-6-9-12-15-18(21)22/h10-11,13-14,16-17,19-20H,2-9,12,15H2,1H3,(H,21,22). The maximum atomic E-state index is 10.3. The van der Waals surface area contributed by atoms with Crippen LogP contribution in [0.4, 0.5) is 0 Å². The lowest BCUT2D eigenvalue weighted by Gasteiger charge is -2.09. The minimum atomic E-state index is -0.852. The van der Waals surface area contributed by atoms with Gasteiger partial charge >= 0.3 is 5.97 Å². The van der Waals surface area contributed by atoms with Gasteiger partial charge in [0.15, 0.2) is 0 Å². The number of carboxylic acid groups (broad SMARTS) is 1. The molecule has 0 aromatic carbocycles. The van der Waals surface area contributed by atoms with Gasteiger partial charge in [0, 0.05) is 6.42 Å². The van der Waals surface area contributed by atoms with Gasteiger partial charge in [-0.25, -0.2) is 0 Å². The number of aliphatic hydroxyl groups is 2. The van der Waals surface area contributed by atoms with E-state index in [9.17, 15) is 15.0 Å². The van der Waals surface area contributed by atoms with Gasteiger partial charge in [0.25, 0.3) is 0 Å². The molecule has 0 aliphatic rings. The zero-order chi connectivity index (χ0) is 16.6. The van der Waals surface area contributed by atoms with E-state index < -0.39 is 18.2 Å². The molecule has 3 N–H and O–H groups in total. The molecule has 0 radical (unpaired) electrons. The quantitative estimate of drug-likeness (QED) is 0.336. The molecule has 0 amide bonds. The maximum Gasteiger partial charge on any atom is 0.303 e. The van der Waals surface area contributed by atoms with Gasteiger partial charge in [-0.05, 0) is 32.1 Å². The van der Waals surface area contributed by atoms with Gasteiger partial charge in [-0.3, -0.25) is 4.79 Å². The molecule has 4 nitrogen and oxygen atoms in total. The van der Waals surface area contributed by atoms with Gasteiger partial charge in [-0.2, -0.15) is 0 Å². The number of unbranched alkanes of at least 4 members (excludes halogenated alkanes) is 7. The average molecular weight is 312 g/mol. The summed E-state index contributed by atoms with van der Waals surface area (Å²) in [5.41, 5.74) is 0. The first-order valence-corrected chi connectivity index (χ1v) is 8.49. The molecule has 0 bridgehead atoms. The highest BCUT2D eigenvalue weighted by atomic mass is 16.4. The van der Waals surface area contributed by atoms with Gasteiger partial charge in [0.1, 0.15) is 12.2 Å². The SMILES string of the molecule is CCCCCC=CC(O)C(O)C=CCCCCCCC(=O)O. The molecule has 2 unspecified atom stereocenters. The molecule has 0 rings (SSSR count). The van der Waals surface area contributed by atoms with Crippen molar-refractivity contribution in [1.82, 2.24) is 0 Å². The van der Waals surface area contributed by atoms with Crippen molar-refractivity contribution >= 4 is 5.97 Å². The lowest BCUT2D eigenvalue weighted by Crippen LogP contribution is -2.21. The number of rotatable bonds is 14. The van der Waals surface area contributed by atoms with Gasteiger partial charge in [-0.15, -0.1) is 0 Å². The number of aliphatic hydroxyl groups excluding tert-OH is 2. The van der Waals surface area contributed by atoms with Crippen LogP contribution in [0, 0.1) is 0 Å². The fourth-order valence-corrected chi connectivity index (χ4v) is 2.10. The molecule has 0 aliphatic heterocycles. The topological polar surface area (TPSA) is 77.8 Å². The smallest absolute Gasteiger partial charge is 0.303 e. The Kier molecular flexibility index (Phi) is 14.0. The van der Waals surface area contributed by atoms with Gasteiger partial charge < -0.3 is 15.3 Å². The van der Waals surface area contributed by atoms with Crippen LogP contribution in [0.2, 0.25) is 0 Å². The van der Waals surface area contributed by atoms with Crippen molar-refractivity contribution in [2.24, 2.45) is 0 Å². The van der Waals surface area contributed by atoms with E-state index in [1.54, 1.807) is 12.2 Å². The summed E-state index contributed by atoms with van der Waals surface area (Å²) >= 11 is 0. The summed E-state index contributed by atoms with van der Waals surface area (Å²) in [6.07, 6.45) is 14.6. The van der Waals surface area contributed by atoms with Crippen molar-refractivity contribution in [2.75, 3.05) is 0 Å². The van der Waals surface area contributed by atoms with Crippen molar-refractivity contribution in [3.05, 3.63) is 24.3 Å². The van der Waals surface area contributed by atoms with E-state index >= 15 is 0 Å². The van der Waals surface area contributed by atoms with Crippen LogP contribution >= 0.6 is 0 Å². The molecular formula is C18H32O4. The van der Waals surface area contributed by atoms with Gasteiger partial charge in [-0.1, -0.05) is 56.9 Å². The number of aliphatic carboxylic acids is 1. The number of hydrogen-bond acceptors (Lipinski definition) is 3. The first-order valence-electron chi connectivity index (χ1n) is 8.49. The van der Waals surface area contributed by atoms with Crippen LogP contribution in [0.3, 0.4) is 0 Å². The van der Waals surface area contributed by atoms with E-state index in [1.165, 1.54) is 12.8 Å². The highest BCUT2D eigenvalue weighted by molar-refractivity contribution is 5.66. The highest BCUT2D eigenvalue weighted by Gasteiger charge is 2.08. The lowest BCUT2D eigenvalue weighted by molar-refractivity contribution is -0.137. The molecule has 22 heavy (non-hydrogen) atoms. The van der Waals surface area contributed by atoms with Crippen LogP contribution in [0.1, 0.15) is 71.1 Å². The fraction of sp³-hybridized carbons (Fsp3) is 0.722. The molecular weight excluding hydrogens is 280 g/mol. The second-order valence-electron chi connectivity index (χ2n) is 5.68. The Morgan fingerprint density at radius 3 is 1.86 bits per heavy atom. The van der Waals surface area contributed by atoms with Crippen LogP contribution in [0.25, 0.3) is 0 Å². The lowest BCUT2D eigenvalue weighted by atomic mass is 10.1. The molecule has 0 fully saturated rings. The Hall–Kier alpha value is -1.13. The zero-order valence-electron chi connectivity index (χ0n) is 13.8. The summed E-state index contributed by atoms with van der Waals surface area (Å²) in [7, 11) is 0. The van der Waals surface area contributed by atoms with Crippen molar-refractivity contribution < 1.29 is 20.1 Å². The summed E-state index contributed by atoms with van der Waals surface area (Å²) in [5, 5.41) is 28.0. The van der Waals surface area contributed by atoms with E-state index in [0.29, 0.717) is 0 Å². The van der Waals surface area contributed by atoms with E-state index in [0.717, 1.165) is 44.9 Å². The number of allylic oxidation sites excluding steroid dienone is 2. The Morgan fingerprint density at radius 1 is 0.864 bits per heavy atom. The van der Waals surface area contributed by atoms with Crippen molar-refractivity contribution in [1.29, 1.82) is 0 Å². The normalized spacial score (nSPS) is 14.7. The van der Waals surface area contributed by atoms with E-state index in [2.05, 4.69) is 6.92 Å². The highest BCUT2D eigenvalue weighted by Crippen LogP contribution is 2.07. The molecule has 2 atom stereocenters. The minimum Gasteiger partial charge on any atom is -0.481 e. The van der Waals surface area contributed by atoms with Crippen LogP contribution in [0.5, 0.6) is 0 Å². The minimum absolute atomic E-state index is 0.241. The van der Waals surface area contributed by atoms with Gasteiger partial charge in [0.2, 0.25) is 0 Å². The van der Waals surface area contributed by atoms with E-state index in [-0.39, 0.29) is 6.42 Å². The van der Waals surface area contributed by atoms with E-state index in [1.807, 2.05) is 12.2 Å². The van der Waals surface area contributed by atoms with Crippen LogP contribution < -0.4 is 0 Å². The molecule has 128 valence electrons. The molecule has 0 aromatic rings. The third-order valence-electron chi connectivity index (χ3n) is 3.50. The third kappa shape index (κ3) is 13.8. The molecule has 0 spiro atoms. The largest absolute Gasteiger partial charge is 0.481 e. The Bertz CT molecular complexity index is 323. The number of carboxylic acids is 1. The third-order valence-corrected chi connectivity index (χ3v) is 3.50. The van der Waals surface area contributed by atoms with Crippen LogP contribution in [-0.4, -0.2) is 33.5 Å². The summed E-state index contributed by atoms with van der Waals surface area (Å²) in [4.78, 5) is 10.3. The summed E-state index contributed by atoms with van der Waals surface area (Å²) in [5.74, 6) is -0.736.